The Kier molecular flexibility index (Phi) is 7.15. The van der Waals surface area contributed by atoms with Gasteiger partial charge in [-0.3, -0.25) is 9.69 Å². The average Bonchev–Trinajstić information content (AvgIpc) is 2.72. The molecule has 1 aliphatic heterocycles. The number of β-amino-alcohol motifs (C(OH)–C–C–N with tert-alkyl or cyclic N) is 1. The van der Waals surface area contributed by atoms with Crippen molar-refractivity contribution >= 4 is 5.78 Å². The first-order valence-corrected chi connectivity index (χ1v) is 10.1. The minimum atomic E-state index is -4.35. The van der Waals surface area contributed by atoms with Crippen molar-refractivity contribution < 1.29 is 27.8 Å². The number of Topliss-reactive ketones (excluding diaryl/α,β-unsaturated/α-hetero) is 1. The number of alkyl halides is 3. The molecular weight excluding hydrogens is 395 g/mol. The summed E-state index contributed by atoms with van der Waals surface area (Å²) < 4.78 is 44.1. The molecule has 1 heterocycles. The van der Waals surface area contributed by atoms with Crippen molar-refractivity contribution in [1.29, 1.82) is 0 Å². The number of benzene rings is 2. The zero-order chi connectivity index (χ0) is 21.7. The third-order valence-electron chi connectivity index (χ3n) is 5.38. The monoisotopic (exact) mass is 421 g/mol. The molecule has 162 valence electrons. The SMILES string of the molecule is CC(=O)c1ccc(OCC(O)CN2CCCCC2c2ccc(C(F)(F)F)cc2)cc1. The number of aliphatic hydroxyl groups excluding tert-OH is 1. The number of carbonyl (C=O) groups is 1. The van der Waals surface area contributed by atoms with Crippen molar-refractivity contribution in [1.82, 2.24) is 4.90 Å². The summed E-state index contributed by atoms with van der Waals surface area (Å²) >= 11 is 0. The maximum atomic E-state index is 12.8. The van der Waals surface area contributed by atoms with Crippen molar-refractivity contribution in [3.63, 3.8) is 0 Å². The van der Waals surface area contributed by atoms with Crippen LogP contribution < -0.4 is 4.74 Å². The van der Waals surface area contributed by atoms with Crippen LogP contribution in [0.1, 0.15) is 53.7 Å². The minimum Gasteiger partial charge on any atom is -0.491 e. The molecule has 0 aromatic heterocycles. The van der Waals surface area contributed by atoms with Crippen LogP contribution in [0.15, 0.2) is 48.5 Å². The lowest BCUT2D eigenvalue weighted by Crippen LogP contribution is -2.40. The Bertz CT molecular complexity index is 834. The number of carbonyl (C=O) groups excluding carboxylic acids is 1. The normalized spacial score (nSPS) is 18.8. The Morgan fingerprint density at radius 1 is 1.13 bits per heavy atom. The zero-order valence-electron chi connectivity index (χ0n) is 16.9. The fraction of sp³-hybridized carbons (Fsp3) is 0.435. The van der Waals surface area contributed by atoms with E-state index in [4.69, 9.17) is 4.74 Å². The second-order valence-electron chi connectivity index (χ2n) is 7.67. The second-order valence-corrected chi connectivity index (χ2v) is 7.67. The Balaban J connectivity index is 1.58. The van der Waals surface area contributed by atoms with Crippen molar-refractivity contribution in [2.24, 2.45) is 0 Å². The van der Waals surface area contributed by atoms with Crippen LogP contribution >= 0.6 is 0 Å². The van der Waals surface area contributed by atoms with Crippen LogP contribution in [0.4, 0.5) is 13.2 Å². The van der Waals surface area contributed by atoms with Gasteiger partial charge < -0.3 is 9.84 Å². The van der Waals surface area contributed by atoms with Gasteiger partial charge in [-0.15, -0.1) is 0 Å². The Morgan fingerprint density at radius 2 is 1.80 bits per heavy atom. The molecule has 1 N–H and O–H groups in total. The summed E-state index contributed by atoms with van der Waals surface area (Å²) in [6.07, 6.45) is -2.27. The Morgan fingerprint density at radius 3 is 2.40 bits per heavy atom. The van der Waals surface area contributed by atoms with Gasteiger partial charge in [-0.25, -0.2) is 0 Å². The van der Waals surface area contributed by atoms with Crippen LogP contribution in [0.3, 0.4) is 0 Å². The highest BCUT2D eigenvalue weighted by Crippen LogP contribution is 2.34. The standard InChI is InChI=1S/C23H26F3NO3/c1-16(28)17-7-11-21(12-8-17)30-15-20(29)14-27-13-3-2-4-22(27)18-5-9-19(10-6-18)23(24,25)26/h5-12,20,22,29H,2-4,13-15H2,1H3. The lowest BCUT2D eigenvalue weighted by atomic mass is 9.94. The van der Waals surface area contributed by atoms with Crippen LogP contribution in [0, 0.1) is 0 Å². The highest BCUT2D eigenvalue weighted by atomic mass is 19.4. The van der Waals surface area contributed by atoms with E-state index in [1.807, 2.05) is 0 Å². The third kappa shape index (κ3) is 5.83. The number of aliphatic hydroxyl groups is 1. The predicted octanol–water partition coefficient (Wildman–Crippen LogP) is 4.87. The average molecular weight is 421 g/mol. The van der Waals surface area contributed by atoms with Gasteiger partial charge in [0.05, 0.1) is 5.56 Å². The van der Waals surface area contributed by atoms with E-state index >= 15 is 0 Å². The maximum absolute atomic E-state index is 12.8. The van der Waals surface area contributed by atoms with Gasteiger partial charge in [0, 0.05) is 18.2 Å². The van der Waals surface area contributed by atoms with Crippen LogP contribution in [0.2, 0.25) is 0 Å². The molecule has 3 rings (SSSR count). The molecule has 2 atom stereocenters. The summed E-state index contributed by atoms with van der Waals surface area (Å²) in [5, 5.41) is 10.5. The van der Waals surface area contributed by atoms with Gasteiger partial charge in [-0.2, -0.15) is 13.2 Å². The summed E-state index contributed by atoms with van der Waals surface area (Å²) in [5.74, 6) is 0.540. The Hall–Kier alpha value is -2.38. The van der Waals surface area contributed by atoms with Gasteiger partial charge in [-0.05, 0) is 68.3 Å². The van der Waals surface area contributed by atoms with Crippen LogP contribution in [-0.2, 0) is 6.18 Å². The number of ketones is 1. The molecule has 1 fully saturated rings. The van der Waals surface area contributed by atoms with Crippen LogP contribution in [-0.4, -0.2) is 41.6 Å². The molecule has 0 aliphatic carbocycles. The number of hydrogen-bond donors (Lipinski definition) is 1. The number of hydrogen-bond acceptors (Lipinski definition) is 4. The lowest BCUT2D eigenvalue weighted by Gasteiger charge is -2.37. The second kappa shape index (κ2) is 9.62. The first-order chi connectivity index (χ1) is 14.2. The van der Waals surface area contributed by atoms with E-state index in [1.165, 1.54) is 19.1 Å². The molecule has 0 radical (unpaired) electrons. The maximum Gasteiger partial charge on any atom is 0.416 e. The van der Waals surface area contributed by atoms with Crippen molar-refractivity contribution in [3.05, 3.63) is 65.2 Å². The van der Waals surface area contributed by atoms with Gasteiger partial charge in [0.15, 0.2) is 5.78 Å². The number of ether oxygens (including phenoxy) is 1. The number of likely N-dealkylation sites (tertiary alicyclic amines) is 1. The summed E-state index contributed by atoms with van der Waals surface area (Å²) in [6.45, 7) is 2.73. The van der Waals surface area contributed by atoms with Crippen molar-refractivity contribution in [2.45, 2.75) is 44.5 Å². The zero-order valence-corrected chi connectivity index (χ0v) is 16.9. The minimum absolute atomic E-state index is 0.0227. The fourth-order valence-corrected chi connectivity index (χ4v) is 3.78. The lowest BCUT2D eigenvalue weighted by molar-refractivity contribution is -0.137. The largest absolute Gasteiger partial charge is 0.491 e. The number of piperidine rings is 1. The molecule has 1 aliphatic rings. The molecule has 4 nitrogen and oxygen atoms in total. The molecule has 1 saturated heterocycles. The molecule has 0 amide bonds. The molecule has 30 heavy (non-hydrogen) atoms. The van der Waals surface area contributed by atoms with Crippen LogP contribution in [0.5, 0.6) is 5.75 Å². The van der Waals surface area contributed by atoms with Crippen molar-refractivity contribution in [2.75, 3.05) is 19.7 Å². The fourth-order valence-electron chi connectivity index (χ4n) is 3.78. The van der Waals surface area contributed by atoms with Crippen molar-refractivity contribution in [3.8, 4) is 5.75 Å². The van der Waals surface area contributed by atoms with Gasteiger partial charge in [0.2, 0.25) is 0 Å². The predicted molar refractivity (Wildman–Crippen MR) is 108 cm³/mol. The molecule has 0 spiro atoms. The topological polar surface area (TPSA) is 49.8 Å². The molecule has 2 aromatic rings. The van der Waals surface area contributed by atoms with E-state index in [0.29, 0.717) is 17.9 Å². The summed E-state index contributed by atoms with van der Waals surface area (Å²) in [4.78, 5) is 13.4. The summed E-state index contributed by atoms with van der Waals surface area (Å²) in [7, 11) is 0. The summed E-state index contributed by atoms with van der Waals surface area (Å²) in [5.41, 5.74) is 0.768. The summed E-state index contributed by atoms with van der Waals surface area (Å²) in [6, 6.07) is 12.0. The van der Waals surface area contributed by atoms with Gasteiger partial charge in [0.1, 0.15) is 18.5 Å². The molecule has 2 unspecified atom stereocenters. The number of rotatable bonds is 7. The smallest absolute Gasteiger partial charge is 0.416 e. The third-order valence-corrected chi connectivity index (χ3v) is 5.38. The van der Waals surface area contributed by atoms with Crippen LogP contribution in [0.25, 0.3) is 0 Å². The van der Waals surface area contributed by atoms with E-state index < -0.39 is 17.8 Å². The highest BCUT2D eigenvalue weighted by molar-refractivity contribution is 5.94. The molecule has 7 heteroatoms. The van der Waals surface area contributed by atoms with E-state index in [2.05, 4.69) is 4.90 Å². The first-order valence-electron chi connectivity index (χ1n) is 10.1. The quantitative estimate of drug-likeness (QED) is 0.648. The molecule has 0 saturated carbocycles. The van der Waals surface area contributed by atoms with Gasteiger partial charge >= 0.3 is 6.18 Å². The van der Waals surface area contributed by atoms with E-state index in [1.54, 1.807) is 24.3 Å². The highest BCUT2D eigenvalue weighted by Gasteiger charge is 2.31. The first kappa shape index (κ1) is 22.3. The van der Waals surface area contributed by atoms with Gasteiger partial charge in [-0.1, -0.05) is 18.6 Å². The van der Waals surface area contributed by atoms with E-state index in [0.717, 1.165) is 43.5 Å². The van der Waals surface area contributed by atoms with Gasteiger partial charge in [0.25, 0.3) is 0 Å². The number of halogens is 3. The number of nitrogens with zero attached hydrogens (tertiary/aromatic N) is 1. The Labute approximate surface area is 174 Å². The molecule has 2 aromatic carbocycles. The van der Waals surface area contributed by atoms with E-state index in [9.17, 15) is 23.1 Å². The molecular formula is C23H26F3NO3. The van der Waals surface area contributed by atoms with E-state index in [-0.39, 0.29) is 18.4 Å². The molecule has 0 bridgehead atoms.